The molecule has 0 saturated carbocycles. The van der Waals surface area contributed by atoms with E-state index in [0.717, 1.165) is 36.8 Å². The second-order valence-corrected chi connectivity index (χ2v) is 6.06. The Morgan fingerprint density at radius 1 is 1.15 bits per heavy atom. The van der Waals surface area contributed by atoms with Crippen LogP contribution < -0.4 is 5.73 Å². The van der Waals surface area contributed by atoms with E-state index in [9.17, 15) is 4.39 Å². The minimum Gasteiger partial charge on any atom is -0.324 e. The van der Waals surface area contributed by atoms with Gasteiger partial charge in [0.15, 0.2) is 0 Å². The first-order valence-electron chi connectivity index (χ1n) is 7.16. The van der Waals surface area contributed by atoms with E-state index in [4.69, 9.17) is 5.73 Å². The Morgan fingerprint density at radius 3 is 2.65 bits per heavy atom. The summed E-state index contributed by atoms with van der Waals surface area (Å²) < 4.78 is 13.2. The predicted octanol–water partition coefficient (Wildman–Crippen LogP) is 3.56. The van der Waals surface area contributed by atoms with Crippen LogP contribution in [0.3, 0.4) is 0 Å². The summed E-state index contributed by atoms with van der Waals surface area (Å²) in [6.45, 7) is 1.96. The third kappa shape index (κ3) is 2.61. The number of aryl methyl sites for hydroxylation is 2. The van der Waals surface area contributed by atoms with Crippen molar-refractivity contribution in [1.82, 2.24) is 0 Å². The summed E-state index contributed by atoms with van der Waals surface area (Å²) in [7, 11) is 0. The summed E-state index contributed by atoms with van der Waals surface area (Å²) in [6, 6.07) is 13.5. The SMILES string of the molecule is Cc1cc(F)ccc1CC1(N)CCc2ccccc2C1. The van der Waals surface area contributed by atoms with Crippen molar-refractivity contribution in [2.45, 2.75) is 38.1 Å². The topological polar surface area (TPSA) is 26.0 Å². The van der Waals surface area contributed by atoms with E-state index in [0.29, 0.717) is 0 Å². The van der Waals surface area contributed by atoms with Gasteiger partial charge in [0.1, 0.15) is 5.82 Å². The van der Waals surface area contributed by atoms with E-state index >= 15 is 0 Å². The molecular formula is C18H20FN. The molecule has 2 aromatic rings. The average Bonchev–Trinajstić information content (AvgIpc) is 2.42. The van der Waals surface area contributed by atoms with Gasteiger partial charge in [-0.15, -0.1) is 0 Å². The fourth-order valence-electron chi connectivity index (χ4n) is 3.21. The number of halogens is 1. The quantitative estimate of drug-likeness (QED) is 0.886. The Labute approximate surface area is 119 Å². The molecule has 2 N–H and O–H groups in total. The zero-order valence-corrected chi connectivity index (χ0v) is 11.8. The van der Waals surface area contributed by atoms with Gasteiger partial charge < -0.3 is 5.73 Å². The van der Waals surface area contributed by atoms with E-state index < -0.39 is 0 Å². The van der Waals surface area contributed by atoms with E-state index in [2.05, 4.69) is 24.3 Å². The molecule has 0 heterocycles. The molecule has 0 radical (unpaired) electrons. The third-order valence-electron chi connectivity index (χ3n) is 4.40. The Balaban J connectivity index is 1.84. The second kappa shape index (κ2) is 5.02. The molecule has 20 heavy (non-hydrogen) atoms. The van der Waals surface area contributed by atoms with Crippen molar-refractivity contribution in [3.8, 4) is 0 Å². The van der Waals surface area contributed by atoms with Crippen molar-refractivity contribution < 1.29 is 4.39 Å². The molecule has 3 rings (SSSR count). The highest BCUT2D eigenvalue weighted by Gasteiger charge is 2.30. The summed E-state index contributed by atoms with van der Waals surface area (Å²) in [5.74, 6) is -0.175. The maximum atomic E-state index is 13.2. The second-order valence-electron chi connectivity index (χ2n) is 6.06. The molecule has 0 amide bonds. The van der Waals surface area contributed by atoms with Crippen LogP contribution in [0.25, 0.3) is 0 Å². The molecule has 0 spiro atoms. The molecule has 0 saturated heterocycles. The Bertz CT molecular complexity index is 635. The maximum absolute atomic E-state index is 13.2. The number of hydrogen-bond donors (Lipinski definition) is 1. The molecule has 1 atom stereocenters. The van der Waals surface area contributed by atoms with Gasteiger partial charge in [-0.25, -0.2) is 4.39 Å². The molecule has 1 unspecified atom stereocenters. The summed E-state index contributed by atoms with van der Waals surface area (Å²) in [6.07, 6.45) is 3.74. The predicted molar refractivity (Wildman–Crippen MR) is 80.2 cm³/mol. The summed E-state index contributed by atoms with van der Waals surface area (Å²) in [5, 5.41) is 0. The largest absolute Gasteiger partial charge is 0.324 e. The first-order chi connectivity index (χ1) is 9.56. The molecule has 0 aliphatic heterocycles. The van der Waals surface area contributed by atoms with E-state index in [-0.39, 0.29) is 11.4 Å². The normalized spacial score (nSPS) is 21.6. The lowest BCUT2D eigenvalue weighted by Crippen LogP contribution is -2.47. The highest BCUT2D eigenvalue weighted by atomic mass is 19.1. The third-order valence-corrected chi connectivity index (χ3v) is 4.40. The first kappa shape index (κ1) is 13.3. The smallest absolute Gasteiger partial charge is 0.123 e. The molecule has 1 aliphatic rings. The maximum Gasteiger partial charge on any atom is 0.123 e. The molecular weight excluding hydrogens is 249 g/mol. The summed E-state index contributed by atoms with van der Waals surface area (Å²) in [5.41, 5.74) is 11.3. The van der Waals surface area contributed by atoms with Crippen LogP contribution in [0, 0.1) is 12.7 Å². The van der Waals surface area contributed by atoms with Crippen LogP contribution in [-0.2, 0) is 19.3 Å². The highest BCUT2D eigenvalue weighted by Crippen LogP contribution is 2.30. The minimum atomic E-state index is -0.211. The van der Waals surface area contributed by atoms with Crippen molar-refractivity contribution >= 4 is 0 Å². The van der Waals surface area contributed by atoms with Crippen molar-refractivity contribution in [3.05, 3.63) is 70.5 Å². The van der Waals surface area contributed by atoms with Gasteiger partial charge in [-0.3, -0.25) is 0 Å². The first-order valence-corrected chi connectivity index (χ1v) is 7.16. The number of benzene rings is 2. The Kier molecular flexibility index (Phi) is 3.35. The van der Waals surface area contributed by atoms with Gasteiger partial charge in [-0.1, -0.05) is 30.3 Å². The molecule has 0 fully saturated rings. The number of hydrogen-bond acceptors (Lipinski definition) is 1. The zero-order chi connectivity index (χ0) is 14.2. The van der Waals surface area contributed by atoms with E-state index in [1.165, 1.54) is 17.2 Å². The van der Waals surface area contributed by atoms with Crippen LogP contribution in [0.4, 0.5) is 4.39 Å². The highest BCUT2D eigenvalue weighted by molar-refractivity contribution is 5.35. The van der Waals surface area contributed by atoms with Crippen molar-refractivity contribution in [3.63, 3.8) is 0 Å². The molecule has 104 valence electrons. The summed E-state index contributed by atoms with van der Waals surface area (Å²) in [4.78, 5) is 0. The standard InChI is InChI=1S/C18H20FN/c1-13-10-17(19)7-6-15(13)11-18(20)9-8-14-4-2-3-5-16(14)12-18/h2-7,10H,8-9,11-12,20H2,1H3. The van der Waals surface area contributed by atoms with Gasteiger partial charge in [0, 0.05) is 5.54 Å². The van der Waals surface area contributed by atoms with Crippen LogP contribution in [0.1, 0.15) is 28.7 Å². The van der Waals surface area contributed by atoms with Gasteiger partial charge in [0.25, 0.3) is 0 Å². The monoisotopic (exact) mass is 269 g/mol. The molecule has 0 bridgehead atoms. The van der Waals surface area contributed by atoms with E-state index in [1.54, 1.807) is 6.07 Å². The van der Waals surface area contributed by atoms with Gasteiger partial charge in [-0.2, -0.15) is 0 Å². The number of fused-ring (bicyclic) bond motifs is 1. The van der Waals surface area contributed by atoms with Crippen LogP contribution in [0.5, 0.6) is 0 Å². The number of nitrogens with two attached hydrogens (primary N) is 1. The lowest BCUT2D eigenvalue weighted by atomic mass is 9.75. The van der Waals surface area contributed by atoms with Crippen molar-refractivity contribution in [1.29, 1.82) is 0 Å². The van der Waals surface area contributed by atoms with Crippen LogP contribution in [-0.4, -0.2) is 5.54 Å². The van der Waals surface area contributed by atoms with Gasteiger partial charge in [0.2, 0.25) is 0 Å². The van der Waals surface area contributed by atoms with Crippen molar-refractivity contribution in [2.75, 3.05) is 0 Å². The van der Waals surface area contributed by atoms with Crippen molar-refractivity contribution in [2.24, 2.45) is 5.73 Å². The number of rotatable bonds is 2. The average molecular weight is 269 g/mol. The lowest BCUT2D eigenvalue weighted by Gasteiger charge is -2.35. The fraction of sp³-hybridized carbons (Fsp3) is 0.333. The molecule has 2 aromatic carbocycles. The van der Waals surface area contributed by atoms with E-state index in [1.807, 2.05) is 13.0 Å². The zero-order valence-electron chi connectivity index (χ0n) is 11.8. The Hall–Kier alpha value is -1.67. The van der Waals surface area contributed by atoms with Crippen LogP contribution >= 0.6 is 0 Å². The molecule has 1 nitrogen and oxygen atoms in total. The Morgan fingerprint density at radius 2 is 1.90 bits per heavy atom. The van der Waals surface area contributed by atoms with Crippen LogP contribution in [0.2, 0.25) is 0 Å². The van der Waals surface area contributed by atoms with Gasteiger partial charge in [-0.05, 0) is 67.0 Å². The molecule has 2 heteroatoms. The lowest BCUT2D eigenvalue weighted by molar-refractivity contribution is 0.368. The summed E-state index contributed by atoms with van der Waals surface area (Å²) >= 11 is 0. The fourth-order valence-corrected chi connectivity index (χ4v) is 3.21. The molecule has 0 aromatic heterocycles. The molecule has 1 aliphatic carbocycles. The van der Waals surface area contributed by atoms with Gasteiger partial charge >= 0.3 is 0 Å². The van der Waals surface area contributed by atoms with Crippen LogP contribution in [0.15, 0.2) is 42.5 Å². The minimum absolute atomic E-state index is 0.175. The van der Waals surface area contributed by atoms with Gasteiger partial charge in [0.05, 0.1) is 0 Å².